The van der Waals surface area contributed by atoms with Gasteiger partial charge in [0.25, 0.3) is 0 Å². The van der Waals surface area contributed by atoms with Gasteiger partial charge in [-0.1, -0.05) is 43.0 Å². The van der Waals surface area contributed by atoms with Gasteiger partial charge in [-0.25, -0.2) is 4.99 Å². The first-order valence-corrected chi connectivity index (χ1v) is 13.5. The van der Waals surface area contributed by atoms with Crippen LogP contribution in [0.1, 0.15) is 42.9 Å². The van der Waals surface area contributed by atoms with Gasteiger partial charge in [-0.15, -0.1) is 0 Å². The van der Waals surface area contributed by atoms with E-state index in [2.05, 4.69) is 46.2 Å². The van der Waals surface area contributed by atoms with Gasteiger partial charge in [0.05, 0.1) is 18.2 Å². The number of piperidine rings is 1. The first kappa shape index (κ1) is 27.2. The average molecular weight is 514 g/mol. The number of carbonyl (C=O) groups excluding carboxylic acids is 1. The van der Waals surface area contributed by atoms with Crippen molar-refractivity contribution in [2.45, 2.75) is 33.1 Å². The second kappa shape index (κ2) is 12.6. The Kier molecular flexibility index (Phi) is 9.00. The normalized spacial score (nSPS) is 18.2. The van der Waals surface area contributed by atoms with Crippen molar-refractivity contribution in [3.8, 4) is 0 Å². The number of para-hydroxylation sites is 1. The number of nitrogens with one attached hydrogen (secondary N) is 3. The molecule has 0 radical (unpaired) electrons. The second-order valence-electron chi connectivity index (χ2n) is 9.91. The van der Waals surface area contributed by atoms with Crippen LogP contribution in [0.2, 0.25) is 0 Å². The van der Waals surface area contributed by atoms with Gasteiger partial charge in [-0.3, -0.25) is 10.2 Å². The van der Waals surface area contributed by atoms with E-state index in [-0.39, 0.29) is 17.8 Å². The summed E-state index contributed by atoms with van der Waals surface area (Å²) in [6, 6.07) is 12.0. The van der Waals surface area contributed by atoms with Crippen molar-refractivity contribution in [2.75, 3.05) is 38.6 Å². The third-order valence-electron chi connectivity index (χ3n) is 7.29. The third kappa shape index (κ3) is 6.15. The third-order valence-corrected chi connectivity index (χ3v) is 7.29. The summed E-state index contributed by atoms with van der Waals surface area (Å²) in [5, 5.41) is 17.7. The van der Waals surface area contributed by atoms with Crippen molar-refractivity contribution in [2.24, 2.45) is 16.8 Å². The summed E-state index contributed by atoms with van der Waals surface area (Å²) in [7, 11) is 1.86. The molecule has 1 fully saturated rings. The molecule has 1 saturated heterocycles. The van der Waals surface area contributed by atoms with Crippen molar-refractivity contribution in [3.05, 3.63) is 75.4 Å². The lowest BCUT2D eigenvalue weighted by atomic mass is 9.95. The van der Waals surface area contributed by atoms with Crippen molar-refractivity contribution in [1.82, 2.24) is 10.2 Å². The molecule has 1 atom stereocenters. The standard InChI is InChI=1S/C31H39N5O2/c1-5-38-31(37)24-13-16-36(17-14-24)28-18-23(12-15-34-28)19-35-30-22(3)9-7-11-26(30)29(32)25-10-6-8-21(2)27(25)20-33-4/h6-11,15,18,20,23-24,32-33,35H,2,5,12-14,16-17,19H2,1,3-4H3/b27-20+,32-29?. The highest BCUT2D eigenvalue weighted by atomic mass is 16.5. The molecule has 0 amide bonds. The number of anilines is 1. The fraction of sp³-hybridized carbons (Fsp3) is 0.387. The van der Waals surface area contributed by atoms with E-state index in [1.165, 1.54) is 0 Å². The van der Waals surface area contributed by atoms with Crippen LogP contribution in [-0.2, 0) is 9.53 Å². The summed E-state index contributed by atoms with van der Waals surface area (Å²) in [6.45, 7) is 10.9. The predicted octanol–water partition coefficient (Wildman–Crippen LogP) is 3.40. The lowest BCUT2D eigenvalue weighted by molar-refractivity contribution is -0.149. The van der Waals surface area contributed by atoms with Gasteiger partial charge in [0.1, 0.15) is 5.82 Å². The number of ether oxygens (including phenoxy) is 1. The molecule has 0 bridgehead atoms. The highest BCUT2D eigenvalue weighted by Crippen LogP contribution is 2.27. The Morgan fingerprint density at radius 1 is 1.21 bits per heavy atom. The molecule has 0 saturated carbocycles. The summed E-state index contributed by atoms with van der Waals surface area (Å²) >= 11 is 0. The number of nitrogens with zero attached hydrogens (tertiary/aromatic N) is 2. The van der Waals surface area contributed by atoms with Crippen LogP contribution in [0.15, 0.2) is 53.3 Å². The SMILES string of the molecule is C=c1cccc(C(=N)c2cccc(C)c2NCC2C=C(N3CCC(C(=O)OCC)CC3)N=CC2)/c1=C/NC. The molecule has 200 valence electrons. The number of carbonyl (C=O) groups is 1. The van der Waals surface area contributed by atoms with Crippen molar-refractivity contribution >= 4 is 36.4 Å². The molecule has 2 aromatic carbocycles. The average Bonchev–Trinajstić information content (AvgIpc) is 2.93. The zero-order valence-corrected chi connectivity index (χ0v) is 22.7. The Balaban J connectivity index is 1.48. The predicted molar refractivity (Wildman–Crippen MR) is 156 cm³/mol. The lowest BCUT2D eigenvalue weighted by Gasteiger charge is -2.34. The van der Waals surface area contributed by atoms with Gasteiger partial charge in [0.2, 0.25) is 0 Å². The fourth-order valence-electron chi connectivity index (χ4n) is 5.17. The van der Waals surface area contributed by atoms with Crippen LogP contribution in [0.3, 0.4) is 0 Å². The molecule has 7 nitrogen and oxygen atoms in total. The number of rotatable bonds is 9. The zero-order valence-electron chi connectivity index (χ0n) is 22.7. The maximum absolute atomic E-state index is 12.1. The number of esters is 1. The number of hydrogen-bond acceptors (Lipinski definition) is 7. The monoisotopic (exact) mass is 513 g/mol. The summed E-state index contributed by atoms with van der Waals surface area (Å²) in [5.74, 6) is 1.18. The van der Waals surface area contributed by atoms with E-state index in [0.29, 0.717) is 12.3 Å². The number of benzene rings is 2. The number of aliphatic imine (C=N–C) groups is 1. The van der Waals surface area contributed by atoms with E-state index in [9.17, 15) is 4.79 Å². The lowest BCUT2D eigenvalue weighted by Crippen LogP contribution is -2.37. The number of likely N-dealkylation sites (tertiary alicyclic amines) is 1. The quantitative estimate of drug-likeness (QED) is 0.353. The molecule has 4 rings (SSSR count). The maximum atomic E-state index is 12.1. The fourth-order valence-corrected chi connectivity index (χ4v) is 5.17. The Morgan fingerprint density at radius 2 is 1.95 bits per heavy atom. The molecule has 7 heteroatoms. The topological polar surface area (TPSA) is 89.8 Å². The van der Waals surface area contributed by atoms with Crippen molar-refractivity contribution < 1.29 is 9.53 Å². The van der Waals surface area contributed by atoms with Crippen LogP contribution < -0.4 is 21.1 Å². The van der Waals surface area contributed by atoms with Crippen molar-refractivity contribution in [3.63, 3.8) is 0 Å². The Bertz CT molecular complexity index is 1340. The Morgan fingerprint density at radius 3 is 2.68 bits per heavy atom. The molecule has 1 unspecified atom stereocenters. The van der Waals surface area contributed by atoms with Crippen LogP contribution in [-0.4, -0.2) is 56.1 Å². The summed E-state index contributed by atoms with van der Waals surface area (Å²) in [5.41, 5.74) is 4.27. The van der Waals surface area contributed by atoms with Crippen LogP contribution in [0, 0.1) is 24.2 Å². The molecule has 2 aliphatic heterocycles. The first-order valence-electron chi connectivity index (χ1n) is 13.5. The summed E-state index contributed by atoms with van der Waals surface area (Å²) < 4.78 is 5.21. The van der Waals surface area contributed by atoms with Gasteiger partial charge in [0.15, 0.2) is 0 Å². The summed E-state index contributed by atoms with van der Waals surface area (Å²) in [6.07, 6.45) is 8.60. The maximum Gasteiger partial charge on any atom is 0.309 e. The smallest absolute Gasteiger partial charge is 0.309 e. The molecule has 0 aliphatic carbocycles. The molecule has 2 aliphatic rings. The molecular formula is C31H39N5O2. The van der Waals surface area contributed by atoms with E-state index in [4.69, 9.17) is 10.1 Å². The molecule has 3 N–H and O–H groups in total. The Hall–Kier alpha value is -3.87. The number of hydrogen-bond donors (Lipinski definition) is 3. The summed E-state index contributed by atoms with van der Waals surface area (Å²) in [4.78, 5) is 19.0. The number of aryl methyl sites for hydroxylation is 1. The van der Waals surface area contributed by atoms with Gasteiger partial charge in [-0.05, 0) is 50.0 Å². The Labute approximate surface area is 225 Å². The van der Waals surface area contributed by atoms with E-state index in [0.717, 1.165) is 77.5 Å². The molecule has 38 heavy (non-hydrogen) atoms. The van der Waals surface area contributed by atoms with Crippen molar-refractivity contribution in [1.29, 1.82) is 5.41 Å². The van der Waals surface area contributed by atoms with E-state index < -0.39 is 0 Å². The van der Waals surface area contributed by atoms with Gasteiger partial charge >= 0.3 is 5.97 Å². The van der Waals surface area contributed by atoms with Gasteiger partial charge in [-0.2, -0.15) is 0 Å². The first-order chi connectivity index (χ1) is 18.4. The van der Waals surface area contributed by atoms with Gasteiger partial charge in [0, 0.05) is 67.0 Å². The van der Waals surface area contributed by atoms with E-state index in [1.54, 1.807) is 0 Å². The minimum absolute atomic E-state index is 0.0120. The van der Waals surface area contributed by atoms with E-state index in [1.807, 2.05) is 56.7 Å². The van der Waals surface area contributed by atoms with Crippen LogP contribution >= 0.6 is 0 Å². The van der Waals surface area contributed by atoms with Crippen LogP contribution in [0.5, 0.6) is 0 Å². The zero-order chi connectivity index (χ0) is 27.1. The highest BCUT2D eigenvalue weighted by molar-refractivity contribution is 6.14. The molecule has 2 aromatic rings. The molecule has 0 aromatic heterocycles. The van der Waals surface area contributed by atoms with Gasteiger partial charge < -0.3 is 20.3 Å². The second-order valence-corrected chi connectivity index (χ2v) is 9.91. The molecular weight excluding hydrogens is 474 g/mol. The van der Waals surface area contributed by atoms with E-state index >= 15 is 0 Å². The van der Waals surface area contributed by atoms with Crippen LogP contribution in [0.25, 0.3) is 12.8 Å². The minimum Gasteiger partial charge on any atom is -0.466 e. The molecule has 2 heterocycles. The highest BCUT2D eigenvalue weighted by Gasteiger charge is 2.27. The van der Waals surface area contributed by atoms with Crippen LogP contribution in [0.4, 0.5) is 5.69 Å². The minimum atomic E-state index is -0.0761. The largest absolute Gasteiger partial charge is 0.466 e. The molecule has 0 spiro atoms.